The molecule has 2 amide bonds. The topological polar surface area (TPSA) is 37.3 Å². The number of hydrogen-bond acceptors (Lipinski definition) is 1. The Hall–Kier alpha value is -3.43. The second-order valence-corrected chi connectivity index (χ2v) is 8.06. The van der Waals surface area contributed by atoms with E-state index in [2.05, 4.69) is 5.32 Å². The van der Waals surface area contributed by atoms with Crippen molar-refractivity contribution in [1.29, 1.82) is 0 Å². The third-order valence-electron chi connectivity index (χ3n) is 5.17. The standard InChI is InChI=1S/C24H23F6N3O/c1-16(2)33(15-21-9-6-10-32(21)14-17-7-4-3-5-8-17)22(34)31-20-12-18(23(25,26)27)11-19(13-20)24(28,29)30/h3-13,16H,14-15H2,1-2H3,(H,31,34). The molecule has 1 heterocycles. The Morgan fingerprint density at radius 1 is 0.912 bits per heavy atom. The Kier molecular flexibility index (Phi) is 7.28. The zero-order valence-corrected chi connectivity index (χ0v) is 18.4. The van der Waals surface area contributed by atoms with Crippen molar-refractivity contribution in [3.63, 3.8) is 0 Å². The highest BCUT2D eigenvalue weighted by Crippen LogP contribution is 2.37. The fourth-order valence-corrected chi connectivity index (χ4v) is 3.41. The molecule has 0 fully saturated rings. The number of hydrogen-bond donors (Lipinski definition) is 1. The number of nitrogens with zero attached hydrogens (tertiary/aromatic N) is 2. The molecule has 0 unspecified atom stereocenters. The van der Waals surface area contributed by atoms with Crippen molar-refractivity contribution < 1.29 is 31.1 Å². The SMILES string of the molecule is CC(C)N(Cc1cccn1Cc1ccccc1)C(=O)Nc1cc(C(F)(F)F)cc(C(F)(F)F)c1. The van der Waals surface area contributed by atoms with E-state index < -0.39 is 35.2 Å². The van der Waals surface area contributed by atoms with Crippen LogP contribution in [0.2, 0.25) is 0 Å². The van der Waals surface area contributed by atoms with Gasteiger partial charge in [0.25, 0.3) is 0 Å². The van der Waals surface area contributed by atoms with E-state index in [1.807, 2.05) is 41.1 Å². The number of aromatic nitrogens is 1. The van der Waals surface area contributed by atoms with Gasteiger partial charge in [-0.15, -0.1) is 0 Å². The van der Waals surface area contributed by atoms with Crippen LogP contribution in [-0.2, 0) is 25.4 Å². The molecule has 10 heteroatoms. The molecule has 0 aliphatic heterocycles. The van der Waals surface area contributed by atoms with Gasteiger partial charge in [-0.25, -0.2) is 4.79 Å². The average Bonchev–Trinajstić information content (AvgIpc) is 3.17. The minimum absolute atomic E-state index is 0.0202. The van der Waals surface area contributed by atoms with E-state index in [9.17, 15) is 31.1 Å². The van der Waals surface area contributed by atoms with Gasteiger partial charge in [-0.3, -0.25) is 0 Å². The van der Waals surface area contributed by atoms with Gasteiger partial charge in [0.15, 0.2) is 0 Å². The Morgan fingerprint density at radius 3 is 2.03 bits per heavy atom. The first-order valence-electron chi connectivity index (χ1n) is 10.4. The summed E-state index contributed by atoms with van der Waals surface area (Å²) >= 11 is 0. The lowest BCUT2D eigenvalue weighted by atomic mass is 10.1. The molecule has 0 bridgehead atoms. The Labute approximate surface area is 192 Å². The van der Waals surface area contributed by atoms with Gasteiger partial charge in [0.2, 0.25) is 0 Å². The lowest BCUT2D eigenvalue weighted by molar-refractivity contribution is -0.143. The second kappa shape index (κ2) is 9.82. The maximum atomic E-state index is 13.1. The van der Waals surface area contributed by atoms with Gasteiger partial charge in [0.1, 0.15) is 0 Å². The third-order valence-corrected chi connectivity index (χ3v) is 5.17. The molecular weight excluding hydrogens is 460 g/mol. The molecule has 1 N–H and O–H groups in total. The van der Waals surface area contributed by atoms with E-state index in [1.54, 1.807) is 26.0 Å². The van der Waals surface area contributed by atoms with Crippen LogP contribution in [0.15, 0.2) is 66.9 Å². The number of benzene rings is 2. The summed E-state index contributed by atoms with van der Waals surface area (Å²) in [7, 11) is 0. The van der Waals surface area contributed by atoms with Crippen molar-refractivity contribution in [3.05, 3.63) is 89.2 Å². The summed E-state index contributed by atoms with van der Waals surface area (Å²) in [5, 5.41) is 2.21. The van der Waals surface area contributed by atoms with Gasteiger partial charge >= 0.3 is 18.4 Å². The molecule has 34 heavy (non-hydrogen) atoms. The molecule has 4 nitrogen and oxygen atoms in total. The van der Waals surface area contributed by atoms with Crippen molar-refractivity contribution in [3.8, 4) is 0 Å². The van der Waals surface area contributed by atoms with Gasteiger partial charge in [0.05, 0.1) is 17.7 Å². The van der Waals surface area contributed by atoms with Crippen molar-refractivity contribution in [2.45, 2.75) is 45.3 Å². The number of halogens is 6. The summed E-state index contributed by atoms with van der Waals surface area (Å²) in [6.07, 6.45) is -8.17. The molecule has 2 aromatic carbocycles. The Morgan fingerprint density at radius 2 is 1.50 bits per heavy atom. The predicted molar refractivity (Wildman–Crippen MR) is 116 cm³/mol. The molecule has 0 atom stereocenters. The van der Waals surface area contributed by atoms with E-state index >= 15 is 0 Å². The summed E-state index contributed by atoms with van der Waals surface area (Å²) in [6.45, 7) is 4.06. The molecule has 0 radical (unpaired) electrons. The number of carbonyl (C=O) groups excluding carboxylic acids is 1. The first-order chi connectivity index (χ1) is 15.8. The number of anilines is 1. The quantitative estimate of drug-likeness (QED) is 0.376. The normalized spacial score (nSPS) is 12.1. The van der Waals surface area contributed by atoms with Crippen molar-refractivity contribution in [2.75, 3.05) is 5.32 Å². The molecule has 3 rings (SSSR count). The van der Waals surface area contributed by atoms with Crippen LogP contribution in [0.3, 0.4) is 0 Å². The van der Waals surface area contributed by atoms with Crippen molar-refractivity contribution in [1.82, 2.24) is 9.47 Å². The number of nitrogens with one attached hydrogen (secondary N) is 1. The van der Waals surface area contributed by atoms with Crippen LogP contribution in [0.1, 0.15) is 36.2 Å². The number of carbonyl (C=O) groups is 1. The van der Waals surface area contributed by atoms with Crippen molar-refractivity contribution in [2.24, 2.45) is 0 Å². The van der Waals surface area contributed by atoms with Crippen LogP contribution >= 0.6 is 0 Å². The van der Waals surface area contributed by atoms with Gasteiger partial charge in [-0.05, 0) is 49.7 Å². The summed E-state index contributed by atoms with van der Waals surface area (Å²) in [6, 6.07) is 13.0. The highest BCUT2D eigenvalue weighted by atomic mass is 19.4. The zero-order valence-electron chi connectivity index (χ0n) is 18.4. The van der Waals surface area contributed by atoms with E-state index in [-0.39, 0.29) is 18.7 Å². The van der Waals surface area contributed by atoms with Crippen LogP contribution in [0, 0.1) is 0 Å². The largest absolute Gasteiger partial charge is 0.416 e. The highest BCUT2D eigenvalue weighted by molar-refractivity contribution is 5.89. The number of amides is 2. The van der Waals surface area contributed by atoms with Crippen LogP contribution in [0.4, 0.5) is 36.8 Å². The minimum atomic E-state index is -5.00. The molecule has 0 aliphatic carbocycles. The van der Waals surface area contributed by atoms with Crippen LogP contribution < -0.4 is 5.32 Å². The first kappa shape index (κ1) is 25.2. The Balaban J connectivity index is 1.84. The van der Waals surface area contributed by atoms with E-state index in [1.165, 1.54) is 4.90 Å². The van der Waals surface area contributed by atoms with Crippen LogP contribution in [0.5, 0.6) is 0 Å². The number of rotatable bonds is 6. The lowest BCUT2D eigenvalue weighted by Gasteiger charge is -2.28. The Bertz CT molecular complexity index is 1090. The summed E-state index contributed by atoms with van der Waals surface area (Å²) < 4.78 is 80.8. The lowest BCUT2D eigenvalue weighted by Crippen LogP contribution is -2.40. The van der Waals surface area contributed by atoms with Gasteiger partial charge < -0.3 is 14.8 Å². The molecule has 0 saturated heterocycles. The molecule has 0 spiro atoms. The van der Waals surface area contributed by atoms with Gasteiger partial charge in [-0.2, -0.15) is 26.3 Å². The fraction of sp³-hybridized carbons (Fsp3) is 0.292. The van der Waals surface area contributed by atoms with E-state index in [0.29, 0.717) is 18.7 Å². The van der Waals surface area contributed by atoms with E-state index in [4.69, 9.17) is 0 Å². The summed E-state index contributed by atoms with van der Waals surface area (Å²) in [4.78, 5) is 14.3. The predicted octanol–water partition coefficient (Wildman–Crippen LogP) is 7.02. The minimum Gasteiger partial charge on any atom is -0.345 e. The molecule has 182 valence electrons. The number of alkyl halides is 6. The van der Waals surface area contributed by atoms with E-state index in [0.717, 1.165) is 11.3 Å². The van der Waals surface area contributed by atoms with Gasteiger partial charge in [0, 0.05) is 30.2 Å². The molecule has 0 aliphatic rings. The maximum Gasteiger partial charge on any atom is 0.416 e. The highest BCUT2D eigenvalue weighted by Gasteiger charge is 2.37. The number of urea groups is 1. The third kappa shape index (κ3) is 6.33. The van der Waals surface area contributed by atoms with Crippen LogP contribution in [-0.4, -0.2) is 21.5 Å². The molecule has 1 aromatic heterocycles. The van der Waals surface area contributed by atoms with Crippen LogP contribution in [0.25, 0.3) is 0 Å². The monoisotopic (exact) mass is 483 g/mol. The molecule has 3 aromatic rings. The average molecular weight is 483 g/mol. The summed E-state index contributed by atoms with van der Waals surface area (Å²) in [5.74, 6) is 0. The maximum absolute atomic E-state index is 13.1. The van der Waals surface area contributed by atoms with Gasteiger partial charge in [-0.1, -0.05) is 30.3 Å². The first-order valence-corrected chi connectivity index (χ1v) is 10.4. The molecular formula is C24H23F6N3O. The smallest absolute Gasteiger partial charge is 0.345 e. The zero-order chi connectivity index (χ0) is 25.1. The molecule has 0 saturated carbocycles. The second-order valence-electron chi connectivity index (χ2n) is 8.06. The van der Waals surface area contributed by atoms with Crippen molar-refractivity contribution >= 4 is 11.7 Å². The fourth-order valence-electron chi connectivity index (χ4n) is 3.41. The summed E-state index contributed by atoms with van der Waals surface area (Å²) in [5.41, 5.74) is -1.79.